The highest BCUT2D eigenvalue weighted by Crippen LogP contribution is 2.43. The number of carbonyl (C=O) groups excluding carboxylic acids is 3. The number of halogens is 6. The first-order chi connectivity index (χ1) is 26.8. The van der Waals surface area contributed by atoms with E-state index >= 15 is 0 Å². The number of nitrogens with zero attached hydrogens (tertiary/aromatic N) is 4. The predicted molar refractivity (Wildman–Crippen MR) is 199 cm³/mol. The van der Waals surface area contributed by atoms with E-state index in [1.807, 2.05) is 0 Å². The summed E-state index contributed by atoms with van der Waals surface area (Å²) >= 11 is 0. The van der Waals surface area contributed by atoms with E-state index in [1.165, 1.54) is 9.80 Å². The van der Waals surface area contributed by atoms with E-state index in [9.17, 15) is 40.7 Å². The number of anilines is 5. The molecule has 6 N–H and O–H groups in total. The Morgan fingerprint density at radius 1 is 0.690 bits per heavy atom. The minimum Gasteiger partial charge on any atom is -0.484 e. The molecule has 2 aromatic carbocycles. The fourth-order valence-electron chi connectivity index (χ4n) is 5.92. The zero-order valence-corrected chi connectivity index (χ0v) is 32.4. The highest BCUT2D eigenvalue weighted by molar-refractivity contribution is 6.04. The molecule has 1 aromatic heterocycles. The third-order valence-corrected chi connectivity index (χ3v) is 8.46. The van der Waals surface area contributed by atoms with Crippen LogP contribution < -0.4 is 31.6 Å². The van der Waals surface area contributed by atoms with Crippen LogP contribution in [0.3, 0.4) is 0 Å². The molecular formula is C37H44F6N8O7. The minimum atomic E-state index is -4.88. The van der Waals surface area contributed by atoms with Crippen molar-refractivity contribution in [3.05, 3.63) is 53.5 Å². The van der Waals surface area contributed by atoms with Crippen LogP contribution in [-0.4, -0.2) is 87.5 Å². The van der Waals surface area contributed by atoms with Gasteiger partial charge in [0.15, 0.2) is 11.5 Å². The molecule has 3 heterocycles. The molecule has 0 radical (unpaired) electrons. The van der Waals surface area contributed by atoms with Crippen molar-refractivity contribution in [3.8, 4) is 11.5 Å². The lowest BCUT2D eigenvalue weighted by Gasteiger charge is -2.25. The maximum Gasteiger partial charge on any atom is 0.416 e. The van der Waals surface area contributed by atoms with Gasteiger partial charge in [-0.1, -0.05) is 0 Å². The van der Waals surface area contributed by atoms with E-state index in [2.05, 4.69) is 20.6 Å². The van der Waals surface area contributed by atoms with Gasteiger partial charge in [-0.3, -0.25) is 4.79 Å². The second-order valence-electron chi connectivity index (χ2n) is 15.7. The fourth-order valence-corrected chi connectivity index (χ4v) is 5.92. The summed E-state index contributed by atoms with van der Waals surface area (Å²) < 4.78 is 106. The summed E-state index contributed by atoms with van der Waals surface area (Å²) in [5.74, 6) is -1.79. The van der Waals surface area contributed by atoms with Crippen LogP contribution in [-0.2, 0) is 21.8 Å². The summed E-state index contributed by atoms with van der Waals surface area (Å²) in [5.41, 5.74) is 6.16. The smallest absolute Gasteiger partial charge is 0.416 e. The number of aromatic nitrogens is 2. The summed E-state index contributed by atoms with van der Waals surface area (Å²) in [6.07, 6.45) is -10.9. The van der Waals surface area contributed by atoms with Crippen LogP contribution in [0.25, 0.3) is 0 Å². The summed E-state index contributed by atoms with van der Waals surface area (Å²) in [4.78, 5) is 49.4. The van der Waals surface area contributed by atoms with Crippen LogP contribution in [0, 0.1) is 0 Å². The average Bonchev–Trinajstić information content (AvgIpc) is 3.76. The Morgan fingerprint density at radius 2 is 1.14 bits per heavy atom. The monoisotopic (exact) mass is 826 g/mol. The van der Waals surface area contributed by atoms with Crippen LogP contribution in [0.4, 0.5) is 64.5 Å². The minimum absolute atomic E-state index is 0.0121. The van der Waals surface area contributed by atoms with Gasteiger partial charge >= 0.3 is 24.5 Å². The highest BCUT2D eigenvalue weighted by Gasteiger charge is 2.37. The molecule has 2 aliphatic rings. The van der Waals surface area contributed by atoms with Crippen molar-refractivity contribution >= 4 is 46.7 Å². The molecule has 2 saturated heterocycles. The third-order valence-electron chi connectivity index (χ3n) is 8.46. The van der Waals surface area contributed by atoms with Gasteiger partial charge in [-0.25, -0.2) is 19.6 Å². The lowest BCUT2D eigenvalue weighted by atomic mass is 10.1. The van der Waals surface area contributed by atoms with Crippen molar-refractivity contribution < 1.29 is 59.7 Å². The second-order valence-corrected chi connectivity index (χ2v) is 15.7. The van der Waals surface area contributed by atoms with E-state index in [1.54, 1.807) is 41.5 Å². The second kappa shape index (κ2) is 16.2. The number of alkyl halides is 6. The summed E-state index contributed by atoms with van der Waals surface area (Å²) in [6.45, 7) is 10.7. The Morgan fingerprint density at radius 3 is 1.59 bits per heavy atom. The summed E-state index contributed by atoms with van der Waals surface area (Å²) in [7, 11) is 0. The number of nitrogens with two attached hydrogens (primary N) is 2. The van der Waals surface area contributed by atoms with Gasteiger partial charge in [0.1, 0.15) is 41.2 Å². The Bertz CT molecular complexity index is 2030. The van der Waals surface area contributed by atoms with Crippen molar-refractivity contribution in [2.24, 2.45) is 0 Å². The molecule has 2 atom stereocenters. The lowest BCUT2D eigenvalue weighted by molar-refractivity contribution is -0.138. The van der Waals surface area contributed by atoms with E-state index < -0.39 is 87.7 Å². The number of hydrogen-bond donors (Lipinski definition) is 4. The van der Waals surface area contributed by atoms with Gasteiger partial charge in [-0.2, -0.15) is 26.3 Å². The summed E-state index contributed by atoms with van der Waals surface area (Å²) in [6, 6.07) is 3.69. The summed E-state index contributed by atoms with van der Waals surface area (Å²) in [5, 5.41) is 5.00. The Balaban J connectivity index is 1.38. The number of amides is 3. The predicted octanol–water partition coefficient (Wildman–Crippen LogP) is 7.45. The number of hydrogen-bond acceptors (Lipinski definition) is 12. The van der Waals surface area contributed by atoms with Gasteiger partial charge in [-0.05, 0) is 65.8 Å². The molecule has 2 aliphatic heterocycles. The quantitative estimate of drug-likeness (QED) is 0.130. The van der Waals surface area contributed by atoms with Crippen LogP contribution in [0.1, 0.15) is 76.0 Å². The topological polar surface area (TPSA) is 196 Å². The van der Waals surface area contributed by atoms with E-state index in [0.29, 0.717) is 24.6 Å². The molecule has 0 unspecified atom stereocenters. The first-order valence-corrected chi connectivity index (χ1v) is 18.0. The number of benzene rings is 2. The molecule has 0 aliphatic carbocycles. The van der Waals surface area contributed by atoms with Crippen molar-refractivity contribution in [1.82, 2.24) is 19.8 Å². The van der Waals surface area contributed by atoms with Crippen LogP contribution in [0.15, 0.2) is 36.7 Å². The van der Waals surface area contributed by atoms with Gasteiger partial charge < -0.3 is 50.8 Å². The zero-order valence-electron chi connectivity index (χ0n) is 32.4. The molecule has 21 heteroatoms. The Hall–Kier alpha value is -5.89. The maximum atomic E-state index is 13.9. The number of likely N-dealkylation sites (tertiary alicyclic amines) is 2. The van der Waals surface area contributed by atoms with Gasteiger partial charge in [0.05, 0.1) is 47.0 Å². The zero-order chi connectivity index (χ0) is 43.0. The van der Waals surface area contributed by atoms with Crippen molar-refractivity contribution in [2.45, 2.75) is 90.1 Å². The Labute approximate surface area is 329 Å². The SMILES string of the molecule is CC(C)(C)OC(=O)N1CC[C@@H](Oc2c(N)cc(C(F)(F)F)cc2NC(=O)c2cc(Nc3cc(C(F)(F)F)cc(N)c3O[C@H]3CCN(C(=O)OC(C)(C)C)C3)ncn2)C1. The molecular weight excluding hydrogens is 782 g/mol. The van der Waals surface area contributed by atoms with Crippen molar-refractivity contribution in [1.29, 1.82) is 0 Å². The molecule has 316 valence electrons. The number of nitrogens with one attached hydrogen (secondary N) is 2. The van der Waals surface area contributed by atoms with Gasteiger partial charge in [0, 0.05) is 32.0 Å². The van der Waals surface area contributed by atoms with Crippen LogP contribution in [0.5, 0.6) is 11.5 Å². The standard InChI is InChI=1S/C37H44F6N8O7/c1-34(2,3)57-32(53)50-9-7-21(16-50)55-29-23(44)11-19(36(38,39)40)13-25(29)48-28-15-27(46-18-47-28)31(52)49-26-14-20(37(41,42)43)12-24(45)30(26)56-22-8-10-51(17-22)33(54)58-35(4,5)6/h11-15,18,21-22H,7-10,16-17,44-45H2,1-6H3,(H,49,52)(H,46,47,48)/t21-,22+/m0/s1. The third kappa shape index (κ3) is 11.2. The molecule has 2 fully saturated rings. The number of ether oxygens (including phenoxy) is 4. The van der Waals surface area contributed by atoms with Gasteiger partial charge in [-0.15, -0.1) is 0 Å². The van der Waals surface area contributed by atoms with E-state index in [-0.39, 0.29) is 55.6 Å². The number of rotatable bonds is 8. The molecule has 3 amide bonds. The van der Waals surface area contributed by atoms with Crippen LogP contribution >= 0.6 is 0 Å². The highest BCUT2D eigenvalue weighted by atomic mass is 19.4. The molecule has 5 rings (SSSR count). The van der Waals surface area contributed by atoms with Crippen LogP contribution in [0.2, 0.25) is 0 Å². The van der Waals surface area contributed by atoms with E-state index in [4.69, 9.17) is 30.4 Å². The molecule has 58 heavy (non-hydrogen) atoms. The molecule has 3 aromatic rings. The number of carbonyl (C=O) groups is 3. The molecule has 0 bridgehead atoms. The van der Waals surface area contributed by atoms with Gasteiger partial charge in [0.2, 0.25) is 0 Å². The number of nitrogen functional groups attached to an aromatic ring is 2. The van der Waals surface area contributed by atoms with Gasteiger partial charge in [0.25, 0.3) is 5.91 Å². The molecule has 0 saturated carbocycles. The normalized spacial score (nSPS) is 17.5. The van der Waals surface area contributed by atoms with Crippen molar-refractivity contribution in [2.75, 3.05) is 48.3 Å². The fraction of sp³-hybridized carbons (Fsp3) is 0.486. The molecule has 15 nitrogen and oxygen atoms in total. The maximum absolute atomic E-state index is 13.9. The van der Waals surface area contributed by atoms with E-state index in [0.717, 1.165) is 18.5 Å². The average molecular weight is 827 g/mol. The lowest BCUT2D eigenvalue weighted by Crippen LogP contribution is -2.36. The molecule has 0 spiro atoms. The first kappa shape index (κ1) is 43.2. The van der Waals surface area contributed by atoms with Crippen molar-refractivity contribution in [3.63, 3.8) is 0 Å². The Kier molecular flexibility index (Phi) is 12.0. The largest absolute Gasteiger partial charge is 0.484 e. The first-order valence-electron chi connectivity index (χ1n) is 18.0.